The molecule has 8 heteroatoms. The summed E-state index contributed by atoms with van der Waals surface area (Å²) in [6, 6.07) is 4.54. The Morgan fingerprint density at radius 1 is 1.11 bits per heavy atom. The van der Waals surface area contributed by atoms with E-state index in [1.54, 1.807) is 19.1 Å². The molecule has 0 aliphatic carbocycles. The molecule has 206 valence electrons. The number of hydrogen-bond donors (Lipinski definition) is 0. The lowest BCUT2D eigenvalue weighted by Gasteiger charge is -2.20. The largest absolute Gasteiger partial charge is 0.446 e. The van der Waals surface area contributed by atoms with Crippen molar-refractivity contribution in [2.45, 2.75) is 110 Å². The third kappa shape index (κ3) is 11.4. The summed E-state index contributed by atoms with van der Waals surface area (Å²) in [5.74, 6) is -0.505. The standard InChI is InChI=1S/C19H22F3NOS.C10H18O2/c1-4-14-8-9-16(25-19(20,21)22)11-15(14)10-12(2)17-6-5-7-18(23-17)13(3)24;1-5-6-7-10(3,4)9(12)8(2)11/h8-11,18H,4-7H2,1-3H3;5-7H2,1-4H3/b12-10+;. The van der Waals surface area contributed by atoms with Crippen LogP contribution in [0.5, 0.6) is 0 Å². The maximum atomic E-state index is 12.6. The van der Waals surface area contributed by atoms with Crippen LogP contribution in [0, 0.1) is 5.41 Å². The van der Waals surface area contributed by atoms with Crippen LogP contribution in [0.3, 0.4) is 0 Å². The number of aryl methyl sites for hydroxylation is 1. The van der Waals surface area contributed by atoms with Gasteiger partial charge in [0.25, 0.3) is 0 Å². The molecule has 4 nitrogen and oxygen atoms in total. The third-order valence-corrected chi connectivity index (χ3v) is 7.04. The van der Waals surface area contributed by atoms with E-state index in [1.165, 1.54) is 13.0 Å². The van der Waals surface area contributed by atoms with Gasteiger partial charge in [0.1, 0.15) is 6.04 Å². The normalized spacial score (nSPS) is 16.4. The minimum Gasteiger partial charge on any atom is -0.298 e. The predicted molar refractivity (Wildman–Crippen MR) is 146 cm³/mol. The highest BCUT2D eigenvalue weighted by Gasteiger charge is 2.30. The number of unbranched alkanes of at least 4 members (excludes halogenated alkanes) is 1. The van der Waals surface area contributed by atoms with Gasteiger partial charge in [0, 0.05) is 22.9 Å². The van der Waals surface area contributed by atoms with E-state index in [0.717, 1.165) is 67.4 Å². The van der Waals surface area contributed by atoms with Gasteiger partial charge in [-0.2, -0.15) is 13.2 Å². The number of benzene rings is 1. The molecule has 1 aliphatic rings. The molecule has 1 heterocycles. The maximum absolute atomic E-state index is 12.6. The predicted octanol–water partition coefficient (Wildman–Crippen LogP) is 8.21. The molecule has 1 aliphatic heterocycles. The fourth-order valence-corrected chi connectivity index (χ4v) is 4.71. The number of halogens is 3. The molecular formula is C29H40F3NO3S. The van der Waals surface area contributed by atoms with Crippen molar-refractivity contribution < 1.29 is 27.6 Å². The van der Waals surface area contributed by atoms with E-state index < -0.39 is 10.9 Å². The number of carbonyl (C=O) groups is 3. The first-order valence-electron chi connectivity index (χ1n) is 12.8. The van der Waals surface area contributed by atoms with Gasteiger partial charge < -0.3 is 0 Å². The quantitative estimate of drug-likeness (QED) is 0.222. The number of hydrogen-bond acceptors (Lipinski definition) is 5. The number of nitrogens with zero attached hydrogens (tertiary/aromatic N) is 1. The molecule has 0 spiro atoms. The summed E-state index contributed by atoms with van der Waals surface area (Å²) in [6.07, 6.45) is 7.97. The molecule has 2 rings (SSSR count). The average molecular weight is 540 g/mol. The molecule has 37 heavy (non-hydrogen) atoms. The first kappa shape index (κ1) is 32.8. The van der Waals surface area contributed by atoms with Crippen LogP contribution in [-0.2, 0) is 20.8 Å². The van der Waals surface area contributed by atoms with Crippen molar-refractivity contribution in [2.24, 2.45) is 10.4 Å². The lowest BCUT2D eigenvalue weighted by molar-refractivity contribution is -0.140. The summed E-state index contributed by atoms with van der Waals surface area (Å²) in [7, 11) is 0. The maximum Gasteiger partial charge on any atom is 0.446 e. The Hall–Kier alpha value is -2.22. The summed E-state index contributed by atoms with van der Waals surface area (Å²) in [5.41, 5.74) is -1.20. The fraction of sp³-hybridized carbons (Fsp3) is 0.586. The summed E-state index contributed by atoms with van der Waals surface area (Å²) in [6.45, 7) is 12.5. The summed E-state index contributed by atoms with van der Waals surface area (Å²) < 4.78 is 37.9. The first-order valence-corrected chi connectivity index (χ1v) is 13.6. The number of thioether (sulfide) groups is 1. The Labute approximate surface area is 223 Å². The first-order chi connectivity index (χ1) is 17.1. The minimum absolute atomic E-state index is 0.0582. The zero-order valence-corrected chi connectivity index (χ0v) is 23.9. The van der Waals surface area contributed by atoms with Crippen molar-refractivity contribution in [3.63, 3.8) is 0 Å². The summed E-state index contributed by atoms with van der Waals surface area (Å²) >= 11 is -0.103. The van der Waals surface area contributed by atoms with Gasteiger partial charge in [0.15, 0.2) is 11.6 Å². The highest BCUT2D eigenvalue weighted by Crippen LogP contribution is 2.38. The molecule has 1 atom stereocenters. The van der Waals surface area contributed by atoms with E-state index in [9.17, 15) is 27.6 Å². The SMILES string of the molecule is CCCCC(C)(C)C(=O)C(C)=O.CCc1ccc(SC(F)(F)F)cc1/C=C(\C)C1=NC(C(C)=O)CCC1. The van der Waals surface area contributed by atoms with E-state index in [4.69, 9.17) is 0 Å². The van der Waals surface area contributed by atoms with Crippen molar-refractivity contribution in [3.05, 3.63) is 34.9 Å². The second-order valence-electron chi connectivity index (χ2n) is 10.1. The van der Waals surface area contributed by atoms with E-state index in [0.29, 0.717) is 0 Å². The van der Waals surface area contributed by atoms with Gasteiger partial charge in [-0.3, -0.25) is 19.4 Å². The minimum atomic E-state index is -4.30. The van der Waals surface area contributed by atoms with E-state index >= 15 is 0 Å². The van der Waals surface area contributed by atoms with Crippen LogP contribution in [-0.4, -0.2) is 34.6 Å². The average Bonchev–Trinajstić information content (AvgIpc) is 2.81. The molecule has 0 N–H and O–H groups in total. The summed E-state index contributed by atoms with van der Waals surface area (Å²) in [4.78, 5) is 38.4. The second kappa shape index (κ2) is 14.6. The number of aliphatic imine (C=N–C) groups is 1. The molecule has 0 fully saturated rings. The Bertz CT molecular complexity index is 1030. The van der Waals surface area contributed by atoms with Crippen molar-refractivity contribution in [2.75, 3.05) is 0 Å². The Balaban J connectivity index is 0.000000482. The van der Waals surface area contributed by atoms with Crippen molar-refractivity contribution in [1.82, 2.24) is 0 Å². The van der Waals surface area contributed by atoms with Crippen LogP contribution in [0.1, 0.15) is 98.1 Å². The van der Waals surface area contributed by atoms with Gasteiger partial charge in [-0.15, -0.1) is 0 Å². The number of carbonyl (C=O) groups excluding carboxylic acids is 3. The second-order valence-corrected chi connectivity index (χ2v) is 11.2. The number of Topliss-reactive ketones (excluding diaryl/α,β-unsaturated/α-hetero) is 3. The number of alkyl halides is 3. The van der Waals surface area contributed by atoms with Crippen molar-refractivity contribution >= 4 is 40.9 Å². The molecule has 0 bridgehead atoms. The molecule has 0 amide bonds. The van der Waals surface area contributed by atoms with E-state index in [1.807, 2.05) is 33.8 Å². The molecule has 0 saturated carbocycles. The van der Waals surface area contributed by atoms with Gasteiger partial charge in [0.05, 0.1) is 0 Å². The van der Waals surface area contributed by atoms with Crippen molar-refractivity contribution in [3.8, 4) is 0 Å². The molecule has 1 aromatic carbocycles. The summed E-state index contributed by atoms with van der Waals surface area (Å²) in [5, 5.41) is 0. The van der Waals surface area contributed by atoms with Gasteiger partial charge in [0.2, 0.25) is 5.78 Å². The van der Waals surface area contributed by atoms with Crippen LogP contribution >= 0.6 is 11.8 Å². The number of ketones is 3. The molecular weight excluding hydrogens is 499 g/mol. The van der Waals surface area contributed by atoms with Crippen molar-refractivity contribution in [1.29, 1.82) is 0 Å². The van der Waals surface area contributed by atoms with Gasteiger partial charge in [-0.1, -0.05) is 46.6 Å². The number of rotatable bonds is 10. The van der Waals surface area contributed by atoms with Gasteiger partial charge >= 0.3 is 5.51 Å². The van der Waals surface area contributed by atoms with Gasteiger partial charge in [-0.25, -0.2) is 0 Å². The van der Waals surface area contributed by atoms with Crippen LogP contribution in [0.2, 0.25) is 0 Å². The molecule has 1 unspecified atom stereocenters. The topological polar surface area (TPSA) is 63.6 Å². The lowest BCUT2D eigenvalue weighted by atomic mass is 9.81. The Morgan fingerprint density at radius 2 is 1.76 bits per heavy atom. The zero-order valence-electron chi connectivity index (χ0n) is 23.1. The number of allylic oxidation sites excluding steroid dienone is 1. The Morgan fingerprint density at radius 3 is 2.27 bits per heavy atom. The van der Waals surface area contributed by atoms with Crippen LogP contribution in [0.4, 0.5) is 13.2 Å². The smallest absolute Gasteiger partial charge is 0.298 e. The zero-order chi connectivity index (χ0) is 28.4. The lowest BCUT2D eigenvalue weighted by Crippen LogP contribution is -2.29. The molecule has 0 saturated heterocycles. The van der Waals surface area contributed by atoms with Crippen LogP contribution < -0.4 is 0 Å². The molecule has 0 aromatic heterocycles. The fourth-order valence-electron chi connectivity index (χ4n) is 4.13. The van der Waals surface area contributed by atoms with Gasteiger partial charge in [-0.05, 0) is 92.6 Å². The Kier molecular flexibility index (Phi) is 13.0. The van der Waals surface area contributed by atoms with Crippen LogP contribution in [0.15, 0.2) is 33.7 Å². The monoisotopic (exact) mass is 539 g/mol. The highest BCUT2D eigenvalue weighted by molar-refractivity contribution is 8.00. The molecule has 0 radical (unpaired) electrons. The third-order valence-electron chi connectivity index (χ3n) is 6.32. The highest BCUT2D eigenvalue weighted by atomic mass is 32.2. The molecule has 1 aromatic rings. The van der Waals surface area contributed by atoms with E-state index in [-0.39, 0.29) is 40.0 Å². The van der Waals surface area contributed by atoms with E-state index in [2.05, 4.69) is 11.9 Å². The van der Waals surface area contributed by atoms with Crippen LogP contribution in [0.25, 0.3) is 6.08 Å².